The van der Waals surface area contributed by atoms with E-state index in [4.69, 9.17) is 21.1 Å². The molecule has 3 heterocycles. The van der Waals surface area contributed by atoms with Crippen LogP contribution < -0.4 is 14.8 Å². The van der Waals surface area contributed by atoms with Crippen molar-refractivity contribution in [2.24, 2.45) is 0 Å². The van der Waals surface area contributed by atoms with Crippen molar-refractivity contribution in [3.63, 3.8) is 0 Å². The molecule has 0 saturated carbocycles. The molecule has 10 heteroatoms. The number of ether oxygens (including phenoxy) is 2. The number of carbonyl (C=O) groups excluding carboxylic acids is 1. The first-order valence-electron chi connectivity index (χ1n) is 13.0. The molecule has 0 aliphatic carbocycles. The van der Waals surface area contributed by atoms with Gasteiger partial charge in [-0.1, -0.05) is 41.9 Å². The Bertz CT molecular complexity index is 1470. The van der Waals surface area contributed by atoms with Gasteiger partial charge in [-0.15, -0.1) is 0 Å². The third-order valence-electron chi connectivity index (χ3n) is 8.08. The summed E-state index contributed by atoms with van der Waals surface area (Å²) in [6.07, 6.45) is 1.54. The van der Waals surface area contributed by atoms with Crippen molar-refractivity contribution in [1.29, 1.82) is 0 Å². The second kappa shape index (κ2) is 9.81. The van der Waals surface area contributed by atoms with Crippen LogP contribution in [0.1, 0.15) is 42.4 Å². The lowest BCUT2D eigenvalue weighted by Crippen LogP contribution is -2.55. The fraction of sp³-hybridized carbons (Fsp3) is 0.345. The summed E-state index contributed by atoms with van der Waals surface area (Å²) in [6, 6.07) is 15.2. The predicted octanol–water partition coefficient (Wildman–Crippen LogP) is 5.51. The van der Waals surface area contributed by atoms with Gasteiger partial charge in [0.25, 0.3) is 11.9 Å². The Morgan fingerprint density at radius 2 is 2.00 bits per heavy atom. The Morgan fingerprint density at radius 1 is 1.18 bits per heavy atom. The minimum Gasteiger partial charge on any atom is -0.490 e. The molecule has 3 aliphatic heterocycles. The Morgan fingerprint density at radius 3 is 2.77 bits per heavy atom. The Hall–Kier alpha value is -3.69. The van der Waals surface area contributed by atoms with Crippen molar-refractivity contribution in [3.05, 3.63) is 98.3 Å². The molecule has 0 unspecified atom stereocenters. The fourth-order valence-corrected chi connectivity index (χ4v) is 7.01. The quantitative estimate of drug-likeness (QED) is 0.307. The van der Waals surface area contributed by atoms with Gasteiger partial charge in [0, 0.05) is 28.8 Å². The molecule has 1 N–H and O–H groups in total. The molecule has 0 radical (unpaired) electrons. The number of halogens is 2. The van der Waals surface area contributed by atoms with Crippen LogP contribution in [0, 0.1) is 15.9 Å². The van der Waals surface area contributed by atoms with Crippen molar-refractivity contribution in [3.8, 4) is 11.5 Å². The molecule has 3 aromatic carbocycles. The normalized spacial score (nSPS) is 25.4. The average molecular weight is 552 g/mol. The summed E-state index contributed by atoms with van der Waals surface area (Å²) >= 11 is 6.74. The molecular formula is C29H27ClFN3O5. The third-order valence-corrected chi connectivity index (χ3v) is 8.36. The highest BCUT2D eigenvalue weighted by Crippen LogP contribution is 2.58. The lowest BCUT2D eigenvalue weighted by Gasteiger charge is -2.32. The van der Waals surface area contributed by atoms with Crippen LogP contribution >= 0.6 is 11.6 Å². The topological polar surface area (TPSA) is 93.9 Å². The second-order valence-corrected chi connectivity index (χ2v) is 10.5. The van der Waals surface area contributed by atoms with Crippen molar-refractivity contribution in [2.75, 3.05) is 18.5 Å². The zero-order valence-electron chi connectivity index (χ0n) is 21.2. The molecular weight excluding hydrogens is 525 g/mol. The summed E-state index contributed by atoms with van der Waals surface area (Å²) in [5, 5.41) is 16.0. The van der Waals surface area contributed by atoms with E-state index in [2.05, 4.69) is 5.32 Å². The summed E-state index contributed by atoms with van der Waals surface area (Å²) in [4.78, 5) is 28.2. The summed E-state index contributed by atoms with van der Waals surface area (Å²) in [5.74, 6) is -0.731. The van der Waals surface area contributed by atoms with E-state index in [9.17, 15) is 19.3 Å². The first-order valence-corrected chi connectivity index (χ1v) is 13.4. The van der Waals surface area contributed by atoms with E-state index in [0.717, 1.165) is 6.42 Å². The summed E-state index contributed by atoms with van der Waals surface area (Å²) in [5.41, 5.74) is 1.06. The van der Waals surface area contributed by atoms with E-state index in [0.29, 0.717) is 47.7 Å². The number of fused-ring (bicyclic) bond motifs is 4. The van der Waals surface area contributed by atoms with E-state index in [1.165, 1.54) is 12.1 Å². The van der Waals surface area contributed by atoms with Crippen molar-refractivity contribution >= 4 is 23.2 Å². The number of nitro groups is 1. The lowest BCUT2D eigenvalue weighted by molar-refractivity contribution is -0.534. The van der Waals surface area contributed by atoms with Gasteiger partial charge in [0.1, 0.15) is 12.4 Å². The van der Waals surface area contributed by atoms with Gasteiger partial charge < -0.3 is 14.8 Å². The molecule has 1 amide bonds. The van der Waals surface area contributed by atoms with Crippen molar-refractivity contribution in [2.45, 2.75) is 49.9 Å². The molecule has 2 fully saturated rings. The molecule has 1 spiro atoms. The smallest absolute Gasteiger partial charge is 0.256 e. The van der Waals surface area contributed by atoms with Gasteiger partial charge in [-0.2, -0.15) is 0 Å². The van der Waals surface area contributed by atoms with Crippen LogP contribution in [0.4, 0.5) is 10.1 Å². The van der Waals surface area contributed by atoms with Gasteiger partial charge >= 0.3 is 0 Å². The maximum absolute atomic E-state index is 13.7. The number of nitrogens with zero attached hydrogens (tertiary/aromatic N) is 2. The Balaban J connectivity index is 1.44. The number of nitrogens with one attached hydrogen (secondary N) is 1. The van der Waals surface area contributed by atoms with Gasteiger partial charge in [0.2, 0.25) is 0 Å². The molecule has 3 aromatic rings. The van der Waals surface area contributed by atoms with Crippen LogP contribution in [0.25, 0.3) is 0 Å². The van der Waals surface area contributed by atoms with Gasteiger partial charge in [-0.25, -0.2) is 4.39 Å². The number of anilines is 1. The number of para-hydroxylation sites is 1. The van der Waals surface area contributed by atoms with Crippen molar-refractivity contribution in [1.82, 2.24) is 4.90 Å². The first-order chi connectivity index (χ1) is 18.9. The Labute approximate surface area is 229 Å². The summed E-state index contributed by atoms with van der Waals surface area (Å²) in [7, 11) is 0. The number of rotatable bonds is 7. The van der Waals surface area contributed by atoms with Crippen LogP contribution in [0.3, 0.4) is 0 Å². The maximum atomic E-state index is 13.7. The molecule has 3 aliphatic rings. The van der Waals surface area contributed by atoms with E-state index in [1.807, 2.05) is 30.0 Å². The highest BCUT2D eigenvalue weighted by Gasteiger charge is 2.73. The number of benzene rings is 3. The first kappa shape index (κ1) is 25.6. The Kier molecular flexibility index (Phi) is 6.43. The standard InChI is InChI=1S/C29H27ClFN3O5/c1-2-38-24-15-18(14-21(30)26(24)39-16-17-7-5-8-19(31)13-17)25-23-11-6-12-33(23)29(27(25)34(36)37)20-9-3-4-10-22(20)32-28(29)35/h3-5,7-10,13-15,23,25,27H,2,6,11-12,16H2,1H3,(H,32,35)/t23-,25+,27-,29-/m0/s1. The van der Waals surface area contributed by atoms with E-state index in [1.54, 1.807) is 30.3 Å². The number of hydrogen-bond acceptors (Lipinski definition) is 6. The zero-order valence-corrected chi connectivity index (χ0v) is 22.0. The van der Waals surface area contributed by atoms with Gasteiger partial charge in [-0.05, 0) is 61.2 Å². The minimum absolute atomic E-state index is 0.0638. The van der Waals surface area contributed by atoms with Gasteiger partial charge in [0.15, 0.2) is 17.0 Å². The van der Waals surface area contributed by atoms with Gasteiger partial charge in [-0.3, -0.25) is 19.8 Å². The van der Waals surface area contributed by atoms with Crippen LogP contribution in [0.15, 0.2) is 60.7 Å². The molecule has 202 valence electrons. The average Bonchev–Trinajstić information content (AvgIpc) is 3.56. The number of carbonyl (C=O) groups is 1. The largest absolute Gasteiger partial charge is 0.490 e. The molecule has 0 aromatic heterocycles. The monoisotopic (exact) mass is 551 g/mol. The number of hydrogen-bond donors (Lipinski definition) is 1. The highest BCUT2D eigenvalue weighted by atomic mass is 35.5. The van der Waals surface area contributed by atoms with Crippen LogP contribution in [0.5, 0.6) is 11.5 Å². The van der Waals surface area contributed by atoms with Crippen LogP contribution in [0.2, 0.25) is 5.02 Å². The SMILES string of the molecule is CCOc1cc([C@H]2[C@H]([N+](=O)[O-])[C@@]3(C(=O)Nc4ccccc43)N3CCC[C@@H]23)cc(Cl)c1OCc1cccc(F)c1. The van der Waals surface area contributed by atoms with E-state index < -0.39 is 17.5 Å². The highest BCUT2D eigenvalue weighted by molar-refractivity contribution is 6.32. The molecule has 4 atom stereocenters. The minimum atomic E-state index is -1.42. The molecule has 8 nitrogen and oxygen atoms in total. The van der Waals surface area contributed by atoms with Gasteiger partial charge in [0.05, 0.1) is 17.5 Å². The summed E-state index contributed by atoms with van der Waals surface area (Å²) < 4.78 is 25.5. The second-order valence-electron chi connectivity index (χ2n) is 10.1. The van der Waals surface area contributed by atoms with Crippen LogP contribution in [-0.2, 0) is 16.9 Å². The maximum Gasteiger partial charge on any atom is 0.256 e. The zero-order chi connectivity index (χ0) is 27.3. The molecule has 6 rings (SSSR count). The molecule has 0 bridgehead atoms. The number of amides is 1. The lowest BCUT2D eigenvalue weighted by atomic mass is 9.77. The van der Waals surface area contributed by atoms with E-state index >= 15 is 0 Å². The molecule has 39 heavy (non-hydrogen) atoms. The molecule has 2 saturated heterocycles. The van der Waals surface area contributed by atoms with Crippen LogP contribution in [-0.4, -0.2) is 41.0 Å². The third kappa shape index (κ3) is 3.94. The fourth-order valence-electron chi connectivity index (χ4n) is 6.74. The summed E-state index contributed by atoms with van der Waals surface area (Å²) in [6.45, 7) is 2.77. The van der Waals surface area contributed by atoms with Crippen molar-refractivity contribution < 1.29 is 23.6 Å². The predicted molar refractivity (Wildman–Crippen MR) is 143 cm³/mol. The van der Waals surface area contributed by atoms with E-state index in [-0.39, 0.29) is 40.1 Å².